The number of unbranched alkanes of at least 4 members (excludes halogenated alkanes) is 2. The molecule has 0 aliphatic heterocycles. The molecule has 0 amide bonds. The van der Waals surface area contributed by atoms with Crippen molar-refractivity contribution < 1.29 is 19.1 Å². The van der Waals surface area contributed by atoms with Crippen LogP contribution in [0.25, 0.3) is 0 Å². The van der Waals surface area contributed by atoms with Gasteiger partial charge in [-0.15, -0.1) is 0 Å². The first-order valence-corrected chi connectivity index (χ1v) is 6.36. The molecule has 0 rings (SSSR count). The maximum atomic E-state index is 10.9. The molecule has 0 aromatic rings. The van der Waals surface area contributed by atoms with E-state index in [4.69, 9.17) is 9.47 Å². The molecule has 0 aromatic heterocycles. The quantitative estimate of drug-likeness (QED) is 0.462. The van der Waals surface area contributed by atoms with Crippen LogP contribution in [0.5, 0.6) is 0 Å². The van der Waals surface area contributed by atoms with Crippen LogP contribution in [-0.4, -0.2) is 24.6 Å². The van der Waals surface area contributed by atoms with E-state index in [1.165, 1.54) is 13.8 Å². The van der Waals surface area contributed by atoms with Gasteiger partial charge in [-0.1, -0.05) is 19.8 Å². The minimum absolute atomic E-state index is 0.0328. The minimum Gasteiger partial charge on any atom is -0.466 e. The summed E-state index contributed by atoms with van der Waals surface area (Å²) in [6, 6.07) is 0. The first-order valence-electron chi connectivity index (χ1n) is 6.36. The number of esters is 2. The molecular formula is C13H24O4. The van der Waals surface area contributed by atoms with E-state index in [0.29, 0.717) is 6.61 Å². The third-order valence-electron chi connectivity index (χ3n) is 2.44. The van der Waals surface area contributed by atoms with Crippen LogP contribution in [0, 0.1) is 0 Å². The summed E-state index contributed by atoms with van der Waals surface area (Å²) < 4.78 is 10.1. The molecule has 1 atom stereocenters. The molecule has 0 aromatic carbocycles. The van der Waals surface area contributed by atoms with Gasteiger partial charge in [0, 0.05) is 13.8 Å². The van der Waals surface area contributed by atoms with E-state index in [1.807, 2.05) is 0 Å². The molecule has 0 N–H and O–H groups in total. The Morgan fingerprint density at radius 2 is 1.65 bits per heavy atom. The Morgan fingerprint density at radius 1 is 1.00 bits per heavy atom. The maximum absolute atomic E-state index is 10.9. The normalized spacial score (nSPS) is 11.9. The molecule has 4 nitrogen and oxygen atoms in total. The van der Waals surface area contributed by atoms with Crippen molar-refractivity contribution in [3.8, 4) is 0 Å². The van der Waals surface area contributed by atoms with Gasteiger partial charge >= 0.3 is 11.9 Å². The number of rotatable bonds is 9. The molecule has 4 heteroatoms. The highest BCUT2D eigenvalue weighted by Gasteiger charge is 2.11. The molecule has 0 heterocycles. The van der Waals surface area contributed by atoms with Gasteiger partial charge in [0.2, 0.25) is 0 Å². The summed E-state index contributed by atoms with van der Waals surface area (Å²) in [6.45, 7) is 5.37. The Labute approximate surface area is 104 Å². The molecule has 0 radical (unpaired) electrons. The fraction of sp³-hybridized carbons (Fsp3) is 0.846. The molecule has 0 fully saturated rings. The zero-order valence-electron chi connectivity index (χ0n) is 11.2. The Morgan fingerprint density at radius 3 is 2.18 bits per heavy atom. The molecule has 0 aliphatic rings. The minimum atomic E-state index is -0.264. The highest BCUT2D eigenvalue weighted by atomic mass is 16.5. The number of ether oxygens (including phenoxy) is 2. The molecule has 0 bridgehead atoms. The van der Waals surface area contributed by atoms with Crippen LogP contribution in [0.1, 0.15) is 59.3 Å². The fourth-order valence-corrected chi connectivity index (χ4v) is 1.65. The Hall–Kier alpha value is -1.06. The van der Waals surface area contributed by atoms with Gasteiger partial charge in [0.1, 0.15) is 6.10 Å². The predicted octanol–water partition coefficient (Wildman–Crippen LogP) is 2.84. The van der Waals surface area contributed by atoms with Crippen LogP contribution < -0.4 is 0 Å². The van der Waals surface area contributed by atoms with Gasteiger partial charge in [-0.05, 0) is 25.7 Å². The Bertz CT molecular complexity index is 225. The van der Waals surface area contributed by atoms with E-state index in [-0.39, 0.29) is 18.0 Å². The van der Waals surface area contributed by atoms with E-state index < -0.39 is 0 Å². The lowest BCUT2D eigenvalue weighted by molar-refractivity contribution is -0.148. The molecule has 100 valence electrons. The lowest BCUT2D eigenvalue weighted by Crippen LogP contribution is -2.17. The SMILES string of the molecule is CCCCCC(CCCOC(C)=O)OC(C)=O. The van der Waals surface area contributed by atoms with Gasteiger partial charge in [0.15, 0.2) is 0 Å². The Kier molecular flexibility index (Phi) is 9.49. The first-order chi connectivity index (χ1) is 8.06. The standard InChI is InChI=1S/C13H24O4/c1-4-5-6-8-13(17-12(3)15)9-7-10-16-11(2)14/h13H,4-10H2,1-3H3. The van der Waals surface area contributed by atoms with E-state index in [0.717, 1.165) is 38.5 Å². The van der Waals surface area contributed by atoms with Crippen molar-refractivity contribution in [2.45, 2.75) is 65.4 Å². The Balaban J connectivity index is 3.76. The number of hydrogen-bond acceptors (Lipinski definition) is 4. The summed E-state index contributed by atoms with van der Waals surface area (Å²) in [7, 11) is 0. The van der Waals surface area contributed by atoms with Gasteiger partial charge in [0.05, 0.1) is 6.61 Å². The van der Waals surface area contributed by atoms with E-state index in [9.17, 15) is 9.59 Å². The number of carbonyl (C=O) groups excluding carboxylic acids is 2. The molecule has 0 saturated carbocycles. The van der Waals surface area contributed by atoms with Gasteiger partial charge < -0.3 is 9.47 Å². The average Bonchev–Trinajstić information content (AvgIpc) is 2.23. The monoisotopic (exact) mass is 244 g/mol. The summed E-state index contributed by atoms with van der Waals surface area (Å²) in [5, 5.41) is 0. The lowest BCUT2D eigenvalue weighted by atomic mass is 10.1. The second-order valence-electron chi connectivity index (χ2n) is 4.21. The van der Waals surface area contributed by atoms with E-state index in [2.05, 4.69) is 6.92 Å². The molecular weight excluding hydrogens is 220 g/mol. The van der Waals surface area contributed by atoms with Crippen molar-refractivity contribution >= 4 is 11.9 Å². The van der Waals surface area contributed by atoms with Crippen LogP contribution in [0.2, 0.25) is 0 Å². The molecule has 0 spiro atoms. The summed E-state index contributed by atoms with van der Waals surface area (Å²) in [6.07, 6.45) is 5.74. The summed E-state index contributed by atoms with van der Waals surface area (Å²) in [5.41, 5.74) is 0. The van der Waals surface area contributed by atoms with Gasteiger partial charge in [-0.2, -0.15) is 0 Å². The van der Waals surface area contributed by atoms with Gasteiger partial charge in [0.25, 0.3) is 0 Å². The van der Waals surface area contributed by atoms with Crippen molar-refractivity contribution in [1.82, 2.24) is 0 Å². The van der Waals surface area contributed by atoms with Crippen molar-refractivity contribution in [2.75, 3.05) is 6.61 Å². The molecule has 0 saturated heterocycles. The molecule has 0 aliphatic carbocycles. The van der Waals surface area contributed by atoms with Gasteiger partial charge in [-0.25, -0.2) is 0 Å². The highest BCUT2D eigenvalue weighted by Crippen LogP contribution is 2.12. The zero-order chi connectivity index (χ0) is 13.1. The summed E-state index contributed by atoms with van der Waals surface area (Å²) in [4.78, 5) is 21.5. The molecule has 1 unspecified atom stereocenters. The predicted molar refractivity (Wildman–Crippen MR) is 65.6 cm³/mol. The lowest BCUT2D eigenvalue weighted by Gasteiger charge is -2.16. The van der Waals surface area contributed by atoms with E-state index >= 15 is 0 Å². The fourth-order valence-electron chi connectivity index (χ4n) is 1.65. The largest absolute Gasteiger partial charge is 0.466 e. The second-order valence-corrected chi connectivity index (χ2v) is 4.21. The zero-order valence-corrected chi connectivity index (χ0v) is 11.2. The second kappa shape index (κ2) is 10.1. The van der Waals surface area contributed by atoms with Crippen LogP contribution in [0.3, 0.4) is 0 Å². The molecule has 17 heavy (non-hydrogen) atoms. The third-order valence-corrected chi connectivity index (χ3v) is 2.44. The third kappa shape index (κ3) is 11.2. The van der Waals surface area contributed by atoms with Crippen molar-refractivity contribution in [3.63, 3.8) is 0 Å². The van der Waals surface area contributed by atoms with Crippen LogP contribution in [0.4, 0.5) is 0 Å². The van der Waals surface area contributed by atoms with Crippen molar-refractivity contribution in [3.05, 3.63) is 0 Å². The highest BCUT2D eigenvalue weighted by molar-refractivity contribution is 5.66. The van der Waals surface area contributed by atoms with Crippen molar-refractivity contribution in [1.29, 1.82) is 0 Å². The van der Waals surface area contributed by atoms with Crippen LogP contribution >= 0.6 is 0 Å². The number of carbonyl (C=O) groups is 2. The summed E-state index contributed by atoms with van der Waals surface area (Å²) >= 11 is 0. The van der Waals surface area contributed by atoms with Crippen LogP contribution in [0.15, 0.2) is 0 Å². The topological polar surface area (TPSA) is 52.6 Å². The van der Waals surface area contributed by atoms with Gasteiger partial charge in [-0.3, -0.25) is 9.59 Å². The number of hydrogen-bond donors (Lipinski definition) is 0. The van der Waals surface area contributed by atoms with Crippen LogP contribution in [-0.2, 0) is 19.1 Å². The maximum Gasteiger partial charge on any atom is 0.302 e. The smallest absolute Gasteiger partial charge is 0.302 e. The van der Waals surface area contributed by atoms with E-state index in [1.54, 1.807) is 0 Å². The average molecular weight is 244 g/mol. The summed E-state index contributed by atoms with van der Waals surface area (Å²) in [5.74, 6) is -0.501. The first kappa shape index (κ1) is 15.9. The van der Waals surface area contributed by atoms with Crippen molar-refractivity contribution in [2.24, 2.45) is 0 Å².